The quantitative estimate of drug-likeness (QED) is 0.345. The van der Waals surface area contributed by atoms with E-state index in [1.807, 2.05) is 93.6 Å². The van der Waals surface area contributed by atoms with Gasteiger partial charge in [-0.3, -0.25) is 9.59 Å². The number of benzene rings is 3. The van der Waals surface area contributed by atoms with Crippen molar-refractivity contribution in [3.8, 4) is 0 Å². The van der Waals surface area contributed by atoms with Crippen LogP contribution in [0.2, 0.25) is 0 Å². The molecule has 0 heterocycles. The maximum absolute atomic E-state index is 13.6. The summed E-state index contributed by atoms with van der Waals surface area (Å²) in [6.45, 7) is 5.78. The Morgan fingerprint density at radius 3 is 2.32 bits per heavy atom. The number of aliphatic hydroxyl groups excluding tert-OH is 2. The van der Waals surface area contributed by atoms with Crippen molar-refractivity contribution in [2.45, 2.75) is 70.2 Å². The van der Waals surface area contributed by atoms with Crippen LogP contribution < -0.4 is 10.6 Å². The zero-order valence-electron chi connectivity index (χ0n) is 22.4. The molecule has 6 nitrogen and oxygen atoms in total. The van der Waals surface area contributed by atoms with E-state index in [4.69, 9.17) is 0 Å². The van der Waals surface area contributed by atoms with Crippen molar-refractivity contribution < 1.29 is 19.8 Å². The molecule has 1 aliphatic rings. The fourth-order valence-corrected chi connectivity index (χ4v) is 5.19. The summed E-state index contributed by atoms with van der Waals surface area (Å²) in [7, 11) is 0. The molecule has 0 unspecified atom stereocenters. The molecule has 3 aromatic carbocycles. The van der Waals surface area contributed by atoms with Gasteiger partial charge in [-0.1, -0.05) is 72.8 Å². The SMILES string of the molecule is CC(C)(C)NC(=O)c1ccccc1C[C@@H](O)C[C@@H](Cc1ccccc1)C(=O)N[C@H]1c2ccccc2C[C@H]1O. The molecule has 0 bridgehead atoms. The van der Waals surface area contributed by atoms with Crippen LogP contribution in [0.15, 0.2) is 78.9 Å². The number of rotatable bonds is 9. The maximum Gasteiger partial charge on any atom is 0.251 e. The molecule has 0 fully saturated rings. The number of hydrogen-bond acceptors (Lipinski definition) is 4. The van der Waals surface area contributed by atoms with Crippen LogP contribution in [0.25, 0.3) is 0 Å². The van der Waals surface area contributed by atoms with Crippen molar-refractivity contribution in [2.24, 2.45) is 5.92 Å². The van der Waals surface area contributed by atoms with Crippen LogP contribution in [-0.2, 0) is 24.1 Å². The predicted molar refractivity (Wildman–Crippen MR) is 149 cm³/mol. The number of amides is 2. The molecule has 0 spiro atoms. The molecular formula is C32H38N2O4. The smallest absolute Gasteiger partial charge is 0.251 e. The van der Waals surface area contributed by atoms with Gasteiger partial charge >= 0.3 is 0 Å². The van der Waals surface area contributed by atoms with Gasteiger partial charge in [-0.25, -0.2) is 0 Å². The van der Waals surface area contributed by atoms with Crippen LogP contribution in [0, 0.1) is 5.92 Å². The molecule has 6 heteroatoms. The monoisotopic (exact) mass is 514 g/mol. The van der Waals surface area contributed by atoms with Gasteiger partial charge < -0.3 is 20.8 Å². The summed E-state index contributed by atoms with van der Waals surface area (Å²) in [6, 6.07) is 24.3. The van der Waals surface area contributed by atoms with Crippen molar-refractivity contribution in [3.05, 3.63) is 107 Å². The second-order valence-corrected chi connectivity index (χ2v) is 11.3. The molecular weight excluding hydrogens is 476 g/mol. The maximum atomic E-state index is 13.6. The molecule has 0 saturated heterocycles. The molecule has 4 N–H and O–H groups in total. The van der Waals surface area contributed by atoms with Gasteiger partial charge in [-0.05, 0) is 68.4 Å². The van der Waals surface area contributed by atoms with E-state index in [1.165, 1.54) is 0 Å². The van der Waals surface area contributed by atoms with Crippen molar-refractivity contribution in [1.29, 1.82) is 0 Å². The Labute approximate surface area is 225 Å². The lowest BCUT2D eigenvalue weighted by Gasteiger charge is -2.25. The Balaban J connectivity index is 1.50. The van der Waals surface area contributed by atoms with Gasteiger partial charge in [0.15, 0.2) is 0 Å². The van der Waals surface area contributed by atoms with Crippen LogP contribution in [0.3, 0.4) is 0 Å². The summed E-state index contributed by atoms with van der Waals surface area (Å²) in [6.07, 6.45) is -0.0895. The summed E-state index contributed by atoms with van der Waals surface area (Å²) < 4.78 is 0. The zero-order valence-corrected chi connectivity index (χ0v) is 22.4. The van der Waals surface area contributed by atoms with Crippen LogP contribution >= 0.6 is 0 Å². The van der Waals surface area contributed by atoms with Crippen LogP contribution in [-0.4, -0.2) is 39.8 Å². The first-order valence-electron chi connectivity index (χ1n) is 13.3. The second kappa shape index (κ2) is 11.9. The highest BCUT2D eigenvalue weighted by atomic mass is 16.3. The first-order chi connectivity index (χ1) is 18.1. The molecule has 0 aliphatic heterocycles. The van der Waals surface area contributed by atoms with Crippen molar-refractivity contribution in [2.75, 3.05) is 0 Å². The van der Waals surface area contributed by atoms with E-state index < -0.39 is 24.2 Å². The molecule has 200 valence electrons. The first-order valence-corrected chi connectivity index (χ1v) is 13.3. The largest absolute Gasteiger partial charge is 0.393 e. The number of carbonyl (C=O) groups excluding carboxylic acids is 2. The Morgan fingerprint density at radius 1 is 0.921 bits per heavy atom. The van der Waals surface area contributed by atoms with Gasteiger partial charge in [-0.2, -0.15) is 0 Å². The third kappa shape index (κ3) is 7.09. The normalized spacial score (nSPS) is 18.3. The molecule has 0 saturated carbocycles. The van der Waals surface area contributed by atoms with Crippen molar-refractivity contribution in [1.82, 2.24) is 10.6 Å². The van der Waals surface area contributed by atoms with E-state index >= 15 is 0 Å². The topological polar surface area (TPSA) is 98.7 Å². The lowest BCUT2D eigenvalue weighted by atomic mass is 9.89. The van der Waals surface area contributed by atoms with E-state index in [0.29, 0.717) is 18.4 Å². The molecule has 0 aromatic heterocycles. The highest BCUT2D eigenvalue weighted by Crippen LogP contribution is 2.32. The number of hydrogen-bond donors (Lipinski definition) is 4. The minimum absolute atomic E-state index is 0.187. The van der Waals surface area contributed by atoms with E-state index in [9.17, 15) is 19.8 Å². The van der Waals surface area contributed by atoms with Crippen LogP contribution in [0.4, 0.5) is 0 Å². The Kier molecular flexibility index (Phi) is 8.65. The van der Waals surface area contributed by atoms with E-state index in [-0.39, 0.29) is 30.2 Å². The average molecular weight is 515 g/mol. The summed E-state index contributed by atoms with van der Waals surface area (Å²) in [5.41, 5.74) is 3.85. The molecule has 0 radical (unpaired) electrons. The standard InChI is InChI=1S/C32H38N2O4/c1-32(2,3)34-31(38)27-16-10-8-13-22(27)18-25(35)19-24(17-21-11-5-4-6-12-21)30(37)33-29-26-15-9-7-14-23(26)20-28(29)36/h4-16,24-25,28-29,35-36H,17-20H2,1-3H3,(H,33,37)(H,34,38)/t24-,25-,28-,29+/m1/s1. The highest BCUT2D eigenvalue weighted by Gasteiger charge is 2.34. The van der Waals surface area contributed by atoms with Gasteiger partial charge in [0.1, 0.15) is 0 Å². The van der Waals surface area contributed by atoms with E-state index in [1.54, 1.807) is 6.07 Å². The zero-order chi connectivity index (χ0) is 27.3. The minimum atomic E-state index is -0.834. The Hall–Kier alpha value is -3.48. The Bertz CT molecular complexity index is 1250. The van der Waals surface area contributed by atoms with Gasteiger partial charge in [0, 0.05) is 23.4 Å². The molecule has 2 amide bonds. The highest BCUT2D eigenvalue weighted by molar-refractivity contribution is 5.96. The van der Waals surface area contributed by atoms with Crippen LogP contribution in [0.5, 0.6) is 0 Å². The molecule has 1 aliphatic carbocycles. The lowest BCUT2D eigenvalue weighted by molar-refractivity contribution is -0.127. The third-order valence-corrected chi connectivity index (χ3v) is 6.96. The fraction of sp³-hybridized carbons (Fsp3) is 0.375. The fourth-order valence-electron chi connectivity index (χ4n) is 5.19. The van der Waals surface area contributed by atoms with Crippen molar-refractivity contribution >= 4 is 11.8 Å². The van der Waals surface area contributed by atoms with Gasteiger partial charge in [0.2, 0.25) is 5.91 Å². The molecule has 4 atom stereocenters. The molecule has 4 rings (SSSR count). The second-order valence-electron chi connectivity index (χ2n) is 11.3. The van der Waals surface area contributed by atoms with E-state index in [2.05, 4.69) is 10.6 Å². The first kappa shape index (κ1) is 27.6. The predicted octanol–water partition coefficient (Wildman–Crippen LogP) is 4.14. The van der Waals surface area contributed by atoms with Gasteiger partial charge in [0.05, 0.1) is 18.2 Å². The van der Waals surface area contributed by atoms with Crippen LogP contribution in [0.1, 0.15) is 65.8 Å². The number of aliphatic hydroxyl groups is 2. The minimum Gasteiger partial charge on any atom is -0.393 e. The number of nitrogens with one attached hydrogen (secondary N) is 2. The summed E-state index contributed by atoms with van der Waals surface area (Å²) in [5, 5.41) is 27.9. The van der Waals surface area contributed by atoms with E-state index in [0.717, 1.165) is 22.3 Å². The Morgan fingerprint density at radius 2 is 1.58 bits per heavy atom. The van der Waals surface area contributed by atoms with Crippen molar-refractivity contribution in [3.63, 3.8) is 0 Å². The summed E-state index contributed by atoms with van der Waals surface area (Å²) >= 11 is 0. The lowest BCUT2D eigenvalue weighted by Crippen LogP contribution is -2.41. The molecule has 38 heavy (non-hydrogen) atoms. The molecule has 3 aromatic rings. The third-order valence-electron chi connectivity index (χ3n) is 6.96. The number of fused-ring (bicyclic) bond motifs is 1. The summed E-state index contributed by atoms with van der Waals surface area (Å²) in [4.78, 5) is 26.5. The van der Waals surface area contributed by atoms with Gasteiger partial charge in [-0.15, -0.1) is 0 Å². The average Bonchev–Trinajstić information content (AvgIpc) is 3.18. The number of carbonyl (C=O) groups is 2. The summed E-state index contributed by atoms with van der Waals surface area (Å²) in [5.74, 6) is -0.900. The van der Waals surface area contributed by atoms with Gasteiger partial charge in [0.25, 0.3) is 5.91 Å².